The number of nitrogens with one attached hydrogen (secondary N) is 2. The molecule has 1 aromatic carbocycles. The van der Waals surface area contributed by atoms with Gasteiger partial charge in [0.2, 0.25) is 0 Å². The van der Waals surface area contributed by atoms with E-state index in [1.807, 2.05) is 19.1 Å². The second-order valence-electron chi connectivity index (χ2n) is 4.63. The van der Waals surface area contributed by atoms with E-state index < -0.39 is 0 Å². The summed E-state index contributed by atoms with van der Waals surface area (Å²) in [5.41, 5.74) is 3.47. The summed E-state index contributed by atoms with van der Waals surface area (Å²) in [7, 11) is 0. The molecule has 4 nitrogen and oxygen atoms in total. The summed E-state index contributed by atoms with van der Waals surface area (Å²) in [4.78, 5) is 15.2. The molecule has 0 spiro atoms. The van der Waals surface area contributed by atoms with Crippen molar-refractivity contribution < 1.29 is 9.53 Å². The lowest BCUT2D eigenvalue weighted by molar-refractivity contribution is -0.145. The second kappa shape index (κ2) is 4.98. The zero-order valence-electron chi connectivity index (χ0n) is 10.6. The highest BCUT2D eigenvalue weighted by Gasteiger charge is 2.27. The van der Waals surface area contributed by atoms with Crippen LogP contribution >= 0.6 is 15.9 Å². The Hall–Kier alpha value is -1.33. The van der Waals surface area contributed by atoms with Gasteiger partial charge in [-0.2, -0.15) is 0 Å². The summed E-state index contributed by atoms with van der Waals surface area (Å²) < 4.78 is 6.12. The quantitative estimate of drug-likeness (QED) is 0.835. The van der Waals surface area contributed by atoms with Crippen molar-refractivity contribution >= 4 is 32.8 Å². The van der Waals surface area contributed by atoms with Gasteiger partial charge in [0.15, 0.2) is 0 Å². The van der Waals surface area contributed by atoms with Crippen LogP contribution < -0.4 is 5.32 Å². The molecule has 0 saturated heterocycles. The fraction of sp³-hybridized carbons (Fsp3) is 0.357. The Morgan fingerprint density at radius 2 is 2.37 bits per heavy atom. The van der Waals surface area contributed by atoms with Gasteiger partial charge < -0.3 is 9.72 Å². The van der Waals surface area contributed by atoms with E-state index in [1.54, 1.807) is 0 Å². The minimum atomic E-state index is -0.251. The van der Waals surface area contributed by atoms with E-state index in [1.165, 1.54) is 10.9 Å². The first-order valence-corrected chi connectivity index (χ1v) is 7.18. The van der Waals surface area contributed by atoms with Crippen LogP contribution in [0.4, 0.5) is 0 Å². The van der Waals surface area contributed by atoms with Crippen molar-refractivity contribution in [1.82, 2.24) is 10.3 Å². The molecule has 2 heterocycles. The lowest BCUT2D eigenvalue weighted by Gasteiger charge is -2.22. The summed E-state index contributed by atoms with van der Waals surface area (Å²) in [5.74, 6) is -0.175. The first kappa shape index (κ1) is 12.7. The molecule has 0 aliphatic carbocycles. The fourth-order valence-electron chi connectivity index (χ4n) is 2.58. The van der Waals surface area contributed by atoms with Crippen molar-refractivity contribution in [3.63, 3.8) is 0 Å². The number of hydrogen-bond donors (Lipinski definition) is 2. The summed E-state index contributed by atoms with van der Waals surface area (Å²) in [6, 6.07) is 5.89. The van der Waals surface area contributed by atoms with E-state index in [0.717, 1.165) is 15.7 Å². The van der Waals surface area contributed by atoms with Crippen LogP contribution in [0, 0.1) is 0 Å². The summed E-state index contributed by atoms with van der Waals surface area (Å²) in [5, 5.41) is 4.46. The van der Waals surface area contributed by atoms with Gasteiger partial charge in [-0.1, -0.05) is 12.1 Å². The van der Waals surface area contributed by atoms with E-state index in [-0.39, 0.29) is 12.0 Å². The predicted molar refractivity (Wildman–Crippen MR) is 77.0 cm³/mol. The third-order valence-corrected chi connectivity index (χ3v) is 4.14. The fourth-order valence-corrected chi connectivity index (χ4v) is 3.04. The molecule has 3 rings (SSSR count). The maximum Gasteiger partial charge on any atom is 0.323 e. The van der Waals surface area contributed by atoms with Crippen LogP contribution in [0.1, 0.15) is 18.2 Å². The standard InChI is InChI=1S/C14H15BrN2O2/c1-2-19-14(18)12-6-11-9(7-16-12)8-4-3-5-10(15)13(8)17-11/h3-5,12,16-17H,2,6-7H2,1H3. The molecular weight excluding hydrogens is 308 g/mol. The number of carbonyl (C=O) groups is 1. The molecule has 2 N–H and O–H groups in total. The van der Waals surface area contributed by atoms with Gasteiger partial charge in [0, 0.05) is 28.5 Å². The molecule has 1 unspecified atom stereocenters. The number of H-pyrrole nitrogens is 1. The molecule has 0 bridgehead atoms. The monoisotopic (exact) mass is 322 g/mol. The Balaban J connectivity index is 1.96. The molecular formula is C14H15BrN2O2. The molecule has 2 aromatic rings. The third-order valence-electron chi connectivity index (χ3n) is 3.48. The van der Waals surface area contributed by atoms with Crippen LogP contribution in [0.15, 0.2) is 22.7 Å². The number of halogens is 1. The van der Waals surface area contributed by atoms with E-state index >= 15 is 0 Å². The summed E-state index contributed by atoms with van der Waals surface area (Å²) >= 11 is 3.55. The lowest BCUT2D eigenvalue weighted by Crippen LogP contribution is -2.42. The van der Waals surface area contributed by atoms with Gasteiger partial charge in [-0.05, 0) is 34.5 Å². The number of fused-ring (bicyclic) bond motifs is 3. The Morgan fingerprint density at radius 1 is 1.53 bits per heavy atom. The Kier molecular flexibility index (Phi) is 3.33. The van der Waals surface area contributed by atoms with Gasteiger partial charge in [0.05, 0.1) is 12.1 Å². The highest BCUT2D eigenvalue weighted by Crippen LogP contribution is 2.30. The maximum absolute atomic E-state index is 11.8. The molecule has 0 saturated carbocycles. The predicted octanol–water partition coefficient (Wildman–Crippen LogP) is 2.51. The number of carbonyl (C=O) groups excluding carboxylic acids is 1. The largest absolute Gasteiger partial charge is 0.465 e. The second-order valence-corrected chi connectivity index (χ2v) is 5.49. The number of aromatic amines is 1. The molecule has 0 fully saturated rings. The number of rotatable bonds is 2. The number of esters is 1. The summed E-state index contributed by atoms with van der Waals surface area (Å²) in [6.07, 6.45) is 0.648. The summed E-state index contributed by atoms with van der Waals surface area (Å²) in [6.45, 7) is 2.93. The average Bonchev–Trinajstić information content (AvgIpc) is 2.78. The molecule has 1 aliphatic rings. The molecule has 0 amide bonds. The van der Waals surface area contributed by atoms with Gasteiger partial charge in [-0.3, -0.25) is 10.1 Å². The van der Waals surface area contributed by atoms with Gasteiger partial charge in [-0.25, -0.2) is 0 Å². The number of para-hydroxylation sites is 1. The smallest absolute Gasteiger partial charge is 0.323 e. The van der Waals surface area contributed by atoms with Crippen LogP contribution in [0.3, 0.4) is 0 Å². The Labute approximate surface area is 119 Å². The normalized spacial score (nSPS) is 18.3. The minimum absolute atomic E-state index is 0.175. The lowest BCUT2D eigenvalue weighted by atomic mass is 10.0. The van der Waals surface area contributed by atoms with E-state index in [9.17, 15) is 4.79 Å². The SMILES string of the molecule is CCOC(=O)C1Cc2[nH]c3c(Br)cccc3c2CN1. The van der Waals surface area contributed by atoms with Gasteiger partial charge >= 0.3 is 5.97 Å². The van der Waals surface area contributed by atoms with Crippen molar-refractivity contribution in [1.29, 1.82) is 0 Å². The van der Waals surface area contributed by atoms with Gasteiger partial charge in [0.1, 0.15) is 6.04 Å². The van der Waals surface area contributed by atoms with Crippen LogP contribution in [-0.2, 0) is 22.5 Å². The first-order valence-electron chi connectivity index (χ1n) is 6.38. The van der Waals surface area contributed by atoms with Crippen molar-refractivity contribution in [2.24, 2.45) is 0 Å². The van der Waals surface area contributed by atoms with Crippen LogP contribution in [0.2, 0.25) is 0 Å². The highest BCUT2D eigenvalue weighted by molar-refractivity contribution is 9.10. The van der Waals surface area contributed by atoms with E-state index in [4.69, 9.17) is 4.74 Å². The first-order chi connectivity index (χ1) is 9.20. The number of aromatic nitrogens is 1. The zero-order chi connectivity index (χ0) is 13.4. The van der Waals surface area contributed by atoms with Gasteiger partial charge in [-0.15, -0.1) is 0 Å². The van der Waals surface area contributed by atoms with Crippen molar-refractivity contribution in [3.8, 4) is 0 Å². The van der Waals surface area contributed by atoms with Crippen LogP contribution in [0.5, 0.6) is 0 Å². The number of hydrogen-bond acceptors (Lipinski definition) is 3. The van der Waals surface area contributed by atoms with E-state index in [2.05, 4.69) is 32.3 Å². The van der Waals surface area contributed by atoms with Crippen LogP contribution in [-0.4, -0.2) is 23.6 Å². The number of ether oxygens (including phenoxy) is 1. The number of benzene rings is 1. The third kappa shape index (κ3) is 2.17. The molecule has 100 valence electrons. The maximum atomic E-state index is 11.8. The molecule has 19 heavy (non-hydrogen) atoms. The van der Waals surface area contributed by atoms with Crippen LogP contribution in [0.25, 0.3) is 10.9 Å². The molecule has 1 atom stereocenters. The van der Waals surface area contributed by atoms with Crippen molar-refractivity contribution in [2.45, 2.75) is 25.9 Å². The topological polar surface area (TPSA) is 54.1 Å². The van der Waals surface area contributed by atoms with Crippen molar-refractivity contribution in [3.05, 3.63) is 33.9 Å². The molecule has 0 radical (unpaired) electrons. The minimum Gasteiger partial charge on any atom is -0.465 e. The molecule has 1 aromatic heterocycles. The Bertz CT molecular complexity index is 636. The highest BCUT2D eigenvalue weighted by atomic mass is 79.9. The zero-order valence-corrected chi connectivity index (χ0v) is 12.2. The molecule has 1 aliphatic heterocycles. The average molecular weight is 323 g/mol. The van der Waals surface area contributed by atoms with Gasteiger partial charge in [0.25, 0.3) is 0 Å². The van der Waals surface area contributed by atoms with Crippen molar-refractivity contribution in [2.75, 3.05) is 6.61 Å². The molecule has 5 heteroatoms. The van der Waals surface area contributed by atoms with E-state index in [0.29, 0.717) is 19.6 Å². The Morgan fingerprint density at radius 3 is 3.16 bits per heavy atom.